The SMILES string of the molecule is CCCCCC(CC(=O)COCC(=O)CCCOCCn1cc(CCC(=O)C2CCC(CN3C(=O)CC(C)C3=O)CC2)nn1)C(=O)Nc1ccc(C)cc1. The number of imide groups is 1. The van der Waals surface area contributed by atoms with Crippen LogP contribution in [0.2, 0.25) is 0 Å². The van der Waals surface area contributed by atoms with E-state index in [1.807, 2.05) is 37.4 Å². The average molecular weight is 750 g/mol. The molecule has 1 aliphatic heterocycles. The topological polar surface area (TPSA) is 167 Å². The van der Waals surface area contributed by atoms with Crippen LogP contribution in [0.25, 0.3) is 0 Å². The number of carbonyl (C=O) groups excluding carboxylic acids is 6. The van der Waals surface area contributed by atoms with Gasteiger partial charge in [-0.25, -0.2) is 4.68 Å². The Labute approximate surface area is 319 Å². The van der Waals surface area contributed by atoms with E-state index in [-0.39, 0.29) is 78.9 Å². The highest BCUT2D eigenvalue weighted by Crippen LogP contribution is 2.32. The Balaban J connectivity index is 1.02. The molecule has 1 N–H and O–H groups in total. The summed E-state index contributed by atoms with van der Waals surface area (Å²) >= 11 is 0. The van der Waals surface area contributed by atoms with E-state index < -0.39 is 5.92 Å². The van der Waals surface area contributed by atoms with E-state index >= 15 is 0 Å². The van der Waals surface area contributed by atoms with Crippen LogP contribution in [0.5, 0.6) is 0 Å². The van der Waals surface area contributed by atoms with E-state index in [1.165, 1.54) is 4.90 Å². The number of likely N-dealkylation sites (tertiary alicyclic amines) is 1. The summed E-state index contributed by atoms with van der Waals surface area (Å²) < 4.78 is 12.8. The summed E-state index contributed by atoms with van der Waals surface area (Å²) in [6.07, 6.45) is 10.7. The minimum atomic E-state index is -0.448. The summed E-state index contributed by atoms with van der Waals surface area (Å²) in [5.74, 6) is -0.800. The van der Waals surface area contributed by atoms with E-state index in [1.54, 1.807) is 11.6 Å². The highest BCUT2D eigenvalue weighted by molar-refractivity contribution is 6.03. The first-order valence-corrected chi connectivity index (χ1v) is 19.8. The van der Waals surface area contributed by atoms with Crippen LogP contribution >= 0.6 is 0 Å². The lowest BCUT2D eigenvalue weighted by atomic mass is 9.79. The number of hydrogen-bond donors (Lipinski definition) is 1. The number of carbonyl (C=O) groups is 6. The van der Waals surface area contributed by atoms with E-state index in [2.05, 4.69) is 22.6 Å². The first kappa shape index (κ1) is 42.6. The Hall–Kier alpha value is -4.10. The fourth-order valence-corrected chi connectivity index (χ4v) is 7.15. The number of benzene rings is 1. The molecular formula is C41H59N5O8. The Morgan fingerprint density at radius 1 is 0.926 bits per heavy atom. The minimum absolute atomic E-state index is 0.0111. The van der Waals surface area contributed by atoms with Crippen LogP contribution in [0.3, 0.4) is 0 Å². The molecule has 2 aromatic rings. The van der Waals surface area contributed by atoms with Crippen LogP contribution in [0.15, 0.2) is 30.5 Å². The van der Waals surface area contributed by atoms with Crippen molar-refractivity contribution in [2.75, 3.05) is 38.3 Å². The molecule has 0 bridgehead atoms. The largest absolute Gasteiger partial charge is 0.380 e. The van der Waals surface area contributed by atoms with Gasteiger partial charge in [0.05, 0.1) is 18.8 Å². The second-order valence-electron chi connectivity index (χ2n) is 15.1. The molecule has 0 spiro atoms. The second kappa shape index (κ2) is 22.3. The lowest BCUT2D eigenvalue weighted by molar-refractivity contribution is -0.140. The number of ether oxygens (including phenoxy) is 2. The van der Waals surface area contributed by atoms with Crippen molar-refractivity contribution in [3.63, 3.8) is 0 Å². The molecule has 13 heteroatoms. The molecule has 1 aliphatic carbocycles. The van der Waals surface area contributed by atoms with E-state index in [9.17, 15) is 28.8 Å². The fourth-order valence-electron chi connectivity index (χ4n) is 7.15. The summed E-state index contributed by atoms with van der Waals surface area (Å²) in [6, 6.07) is 7.55. The quantitative estimate of drug-likeness (QED) is 0.102. The summed E-state index contributed by atoms with van der Waals surface area (Å²) in [5, 5.41) is 11.3. The van der Waals surface area contributed by atoms with Gasteiger partial charge in [0.25, 0.3) is 0 Å². The standard InChI is InChI=1S/C41H59N5O8/c1-4-5-6-8-33(40(51)42-34-16-10-29(2)11-17-34)24-37(48)28-54-27-36(47)9-7-21-53-22-20-45-26-35(43-44-45)18-19-38(49)32-14-12-31(13-15-32)25-46-39(50)23-30(3)41(46)52/h10-11,16-17,26,30-33H,4-9,12-15,18-25,27-28H2,1-3H3,(H,42,51). The maximum absolute atomic E-state index is 12.9. The molecule has 2 fully saturated rings. The molecule has 54 heavy (non-hydrogen) atoms. The lowest BCUT2D eigenvalue weighted by Crippen LogP contribution is -2.36. The van der Waals surface area contributed by atoms with Crippen molar-refractivity contribution in [1.29, 1.82) is 0 Å². The molecule has 0 radical (unpaired) electrons. The molecular weight excluding hydrogens is 690 g/mol. The number of hydrogen-bond acceptors (Lipinski definition) is 10. The van der Waals surface area contributed by atoms with Crippen LogP contribution in [0.4, 0.5) is 5.69 Å². The number of amides is 3. The lowest BCUT2D eigenvalue weighted by Gasteiger charge is -2.30. The first-order chi connectivity index (χ1) is 26.0. The van der Waals surface area contributed by atoms with Crippen LogP contribution in [-0.4, -0.2) is 87.9 Å². The molecule has 2 heterocycles. The zero-order valence-corrected chi connectivity index (χ0v) is 32.4. The molecule has 1 saturated carbocycles. The molecule has 13 nitrogen and oxygen atoms in total. The maximum atomic E-state index is 12.9. The minimum Gasteiger partial charge on any atom is -0.380 e. The third kappa shape index (κ3) is 14.3. The number of rotatable bonds is 25. The van der Waals surface area contributed by atoms with E-state index in [0.717, 1.165) is 56.2 Å². The first-order valence-electron chi connectivity index (χ1n) is 19.8. The maximum Gasteiger partial charge on any atom is 0.232 e. The van der Waals surface area contributed by atoms with Gasteiger partial charge in [0.1, 0.15) is 19.0 Å². The number of ketones is 3. The van der Waals surface area contributed by atoms with Crippen molar-refractivity contribution < 1.29 is 38.2 Å². The molecule has 2 aliphatic rings. The van der Waals surface area contributed by atoms with Gasteiger partial charge >= 0.3 is 0 Å². The van der Waals surface area contributed by atoms with Gasteiger partial charge in [-0.15, -0.1) is 5.10 Å². The molecule has 2 unspecified atom stereocenters. The number of anilines is 1. The summed E-state index contributed by atoms with van der Waals surface area (Å²) in [4.78, 5) is 76.6. The van der Waals surface area contributed by atoms with Crippen molar-refractivity contribution in [2.24, 2.45) is 23.7 Å². The zero-order valence-electron chi connectivity index (χ0n) is 32.4. The molecule has 3 amide bonds. The van der Waals surface area contributed by atoms with Gasteiger partial charge < -0.3 is 14.8 Å². The predicted molar refractivity (Wildman–Crippen MR) is 202 cm³/mol. The average Bonchev–Trinajstić information content (AvgIpc) is 3.71. The number of nitrogens with zero attached hydrogens (tertiary/aromatic N) is 4. The van der Waals surface area contributed by atoms with Gasteiger partial charge in [-0.2, -0.15) is 0 Å². The molecule has 1 aromatic heterocycles. The molecule has 2 atom stereocenters. The molecule has 4 rings (SSSR count). The third-order valence-electron chi connectivity index (χ3n) is 10.5. The van der Waals surface area contributed by atoms with Gasteiger partial charge in [-0.3, -0.25) is 33.7 Å². The van der Waals surface area contributed by atoms with Gasteiger partial charge in [0, 0.05) is 74.9 Å². The zero-order chi connectivity index (χ0) is 38.9. The normalized spacial score (nSPS) is 19.2. The molecule has 296 valence electrons. The highest BCUT2D eigenvalue weighted by Gasteiger charge is 2.37. The van der Waals surface area contributed by atoms with Crippen molar-refractivity contribution in [3.8, 4) is 0 Å². The van der Waals surface area contributed by atoms with Crippen LogP contribution in [0, 0.1) is 30.6 Å². The van der Waals surface area contributed by atoms with Crippen molar-refractivity contribution in [1.82, 2.24) is 19.9 Å². The molecule has 1 aromatic carbocycles. The van der Waals surface area contributed by atoms with Crippen molar-refractivity contribution >= 4 is 40.8 Å². The smallest absolute Gasteiger partial charge is 0.232 e. The number of unbranched alkanes of at least 4 members (excludes halogenated alkanes) is 2. The number of Topliss-reactive ketones (excluding diaryl/α,β-unsaturated/α-hetero) is 3. The summed E-state index contributed by atoms with van der Waals surface area (Å²) in [6.45, 7) is 7.27. The van der Waals surface area contributed by atoms with E-state index in [4.69, 9.17) is 9.47 Å². The van der Waals surface area contributed by atoms with Crippen molar-refractivity contribution in [2.45, 2.75) is 117 Å². The third-order valence-corrected chi connectivity index (χ3v) is 10.5. The predicted octanol–water partition coefficient (Wildman–Crippen LogP) is 5.47. The van der Waals surface area contributed by atoms with Gasteiger partial charge in [0.2, 0.25) is 17.7 Å². The number of aromatic nitrogens is 3. The fraction of sp³-hybridized carbons (Fsp3) is 0.659. The highest BCUT2D eigenvalue weighted by atomic mass is 16.5. The van der Waals surface area contributed by atoms with Gasteiger partial charge in [0.15, 0.2) is 11.6 Å². The number of nitrogens with one attached hydrogen (secondary N) is 1. The van der Waals surface area contributed by atoms with Crippen LogP contribution < -0.4 is 5.32 Å². The summed E-state index contributed by atoms with van der Waals surface area (Å²) in [5.41, 5.74) is 2.55. The Morgan fingerprint density at radius 3 is 2.37 bits per heavy atom. The van der Waals surface area contributed by atoms with Crippen LogP contribution in [0.1, 0.15) is 109 Å². The van der Waals surface area contributed by atoms with Crippen LogP contribution in [-0.2, 0) is 51.2 Å². The van der Waals surface area contributed by atoms with Crippen molar-refractivity contribution in [3.05, 3.63) is 41.7 Å². The van der Waals surface area contributed by atoms with E-state index in [0.29, 0.717) is 64.1 Å². The van der Waals surface area contributed by atoms with Gasteiger partial charge in [-0.05, 0) is 63.5 Å². The Kier molecular flexibility index (Phi) is 17.6. The monoisotopic (exact) mass is 749 g/mol. The Morgan fingerprint density at radius 2 is 1.67 bits per heavy atom. The summed E-state index contributed by atoms with van der Waals surface area (Å²) in [7, 11) is 0. The second-order valence-corrected chi connectivity index (χ2v) is 15.1. The van der Waals surface area contributed by atoms with Gasteiger partial charge in [-0.1, -0.05) is 56.0 Å². The molecule has 1 saturated heterocycles. The Bertz CT molecular complexity index is 1550. The number of aryl methyl sites for hydroxylation is 2.